The lowest BCUT2D eigenvalue weighted by Crippen LogP contribution is -1.92. The van der Waals surface area contributed by atoms with Gasteiger partial charge < -0.3 is 0 Å². The van der Waals surface area contributed by atoms with Crippen LogP contribution >= 0.6 is 27.5 Å². The zero-order chi connectivity index (χ0) is 11.2. The molecule has 1 aromatic carbocycles. The quantitative estimate of drug-likeness (QED) is 0.708. The van der Waals surface area contributed by atoms with Crippen LogP contribution in [0.15, 0.2) is 16.6 Å². The van der Waals surface area contributed by atoms with E-state index in [9.17, 15) is 8.78 Å². The number of halogens is 4. The monoisotopic (exact) mass is 291 g/mol. The van der Waals surface area contributed by atoms with E-state index in [1.807, 2.05) is 0 Å². The van der Waals surface area contributed by atoms with Crippen molar-refractivity contribution < 1.29 is 8.78 Å². The van der Waals surface area contributed by atoms with Crippen LogP contribution in [0, 0.1) is 18.6 Å². The fourth-order valence-electron chi connectivity index (χ4n) is 1.36. The van der Waals surface area contributed by atoms with Crippen molar-refractivity contribution in [2.45, 2.75) is 6.92 Å². The first-order valence-corrected chi connectivity index (χ1v) is 5.28. The molecule has 0 aliphatic carbocycles. The number of rotatable bonds is 0. The predicted octanol–water partition coefficient (Wildman–Crippen LogP) is 4.24. The van der Waals surface area contributed by atoms with Crippen LogP contribution in [0.5, 0.6) is 0 Å². The molecule has 2 aromatic rings. The van der Waals surface area contributed by atoms with E-state index in [1.165, 1.54) is 0 Å². The Balaban J connectivity index is 2.99. The van der Waals surface area contributed by atoms with Crippen molar-refractivity contribution in [2.24, 2.45) is 0 Å². The molecule has 0 N–H and O–H groups in total. The minimum Gasteiger partial charge on any atom is -0.252 e. The molecule has 1 heterocycles. The van der Waals surface area contributed by atoms with Crippen molar-refractivity contribution in [3.63, 3.8) is 0 Å². The summed E-state index contributed by atoms with van der Waals surface area (Å²) in [7, 11) is 0. The summed E-state index contributed by atoms with van der Waals surface area (Å²) in [5, 5.41) is 0.352. The maximum absolute atomic E-state index is 13.4. The third-order valence-corrected chi connectivity index (χ3v) is 3.63. The van der Waals surface area contributed by atoms with Crippen LogP contribution in [0.3, 0.4) is 0 Å². The lowest BCUT2D eigenvalue weighted by atomic mass is 10.2. The topological polar surface area (TPSA) is 12.9 Å². The molecule has 1 nitrogen and oxygen atoms in total. The summed E-state index contributed by atoms with van der Waals surface area (Å²) < 4.78 is 26.9. The van der Waals surface area contributed by atoms with Crippen molar-refractivity contribution in [1.82, 2.24) is 4.98 Å². The van der Waals surface area contributed by atoms with E-state index in [4.69, 9.17) is 11.6 Å². The van der Waals surface area contributed by atoms with Gasteiger partial charge in [-0.2, -0.15) is 0 Å². The fraction of sp³-hybridized carbons (Fsp3) is 0.100. The van der Waals surface area contributed by atoms with Crippen molar-refractivity contribution in [3.05, 3.63) is 39.0 Å². The number of aryl methyl sites for hydroxylation is 1. The van der Waals surface area contributed by atoms with Crippen molar-refractivity contribution in [1.29, 1.82) is 0 Å². The van der Waals surface area contributed by atoms with Crippen molar-refractivity contribution in [3.8, 4) is 0 Å². The third-order valence-electron chi connectivity index (χ3n) is 2.05. The number of pyridine rings is 1. The van der Waals surface area contributed by atoms with Crippen molar-refractivity contribution in [2.75, 3.05) is 0 Å². The number of hydrogen-bond donors (Lipinski definition) is 0. The van der Waals surface area contributed by atoms with E-state index in [2.05, 4.69) is 20.9 Å². The molecule has 0 aliphatic heterocycles. The van der Waals surface area contributed by atoms with E-state index >= 15 is 0 Å². The minimum atomic E-state index is -0.705. The largest absolute Gasteiger partial charge is 0.252 e. The average molecular weight is 293 g/mol. The van der Waals surface area contributed by atoms with Gasteiger partial charge in [0.15, 0.2) is 0 Å². The van der Waals surface area contributed by atoms with Crippen LogP contribution in [0.4, 0.5) is 8.78 Å². The Bertz CT molecular complexity index is 557. The third kappa shape index (κ3) is 1.72. The summed E-state index contributed by atoms with van der Waals surface area (Å²) >= 11 is 9.14. The molecule has 0 unspecified atom stereocenters. The number of hydrogen-bond acceptors (Lipinski definition) is 1. The lowest BCUT2D eigenvalue weighted by molar-refractivity contribution is 0.591. The highest BCUT2D eigenvalue weighted by Gasteiger charge is 2.13. The van der Waals surface area contributed by atoms with Crippen LogP contribution < -0.4 is 0 Å². The van der Waals surface area contributed by atoms with Gasteiger partial charge in [-0.1, -0.05) is 11.6 Å². The summed E-state index contributed by atoms with van der Waals surface area (Å²) in [5.41, 5.74) is 0.815. The van der Waals surface area contributed by atoms with Crippen molar-refractivity contribution >= 4 is 38.4 Å². The molecule has 0 radical (unpaired) electrons. The van der Waals surface area contributed by atoms with E-state index < -0.39 is 11.6 Å². The smallest absolute Gasteiger partial charge is 0.137 e. The van der Waals surface area contributed by atoms with Gasteiger partial charge in [0, 0.05) is 12.1 Å². The number of nitrogens with zero attached hydrogens (tertiary/aromatic N) is 1. The van der Waals surface area contributed by atoms with Gasteiger partial charge >= 0.3 is 0 Å². The second-order valence-corrected chi connectivity index (χ2v) is 4.28. The summed E-state index contributed by atoms with van der Waals surface area (Å²) in [6.45, 7) is 1.71. The Morgan fingerprint density at radius 2 is 2.00 bits per heavy atom. The molecule has 5 heteroatoms. The predicted molar refractivity (Wildman–Crippen MR) is 59.1 cm³/mol. The van der Waals surface area contributed by atoms with E-state index in [0.29, 0.717) is 10.2 Å². The fourth-order valence-corrected chi connectivity index (χ4v) is 1.97. The minimum absolute atomic E-state index is 0.135. The number of fused-ring (bicyclic) bond motifs is 1. The Morgan fingerprint density at radius 3 is 2.67 bits per heavy atom. The van der Waals surface area contributed by atoms with Crippen LogP contribution in [0.2, 0.25) is 5.02 Å². The van der Waals surface area contributed by atoms with Gasteiger partial charge in [0.1, 0.15) is 11.6 Å². The molecular formula is C10H5BrClF2N. The normalized spacial score (nSPS) is 11.0. The Hall–Kier alpha value is -0.740. The molecule has 0 atom stereocenters. The van der Waals surface area contributed by atoms with Crippen LogP contribution in [-0.4, -0.2) is 4.98 Å². The maximum Gasteiger partial charge on any atom is 0.137 e. The van der Waals surface area contributed by atoms with Crippen LogP contribution in [0.1, 0.15) is 5.69 Å². The Kier molecular flexibility index (Phi) is 2.64. The zero-order valence-corrected chi connectivity index (χ0v) is 9.96. The van der Waals surface area contributed by atoms with E-state index in [1.54, 1.807) is 6.92 Å². The van der Waals surface area contributed by atoms with Gasteiger partial charge in [-0.3, -0.25) is 4.98 Å². The Labute approximate surface area is 98.2 Å². The van der Waals surface area contributed by atoms with Crippen LogP contribution in [0.25, 0.3) is 10.9 Å². The molecule has 15 heavy (non-hydrogen) atoms. The molecule has 0 fully saturated rings. The number of aromatic nitrogens is 1. The van der Waals surface area contributed by atoms with Gasteiger partial charge in [-0.05, 0) is 22.9 Å². The first kappa shape index (κ1) is 10.8. The molecule has 0 amide bonds. The van der Waals surface area contributed by atoms with Crippen LogP contribution in [-0.2, 0) is 0 Å². The molecule has 0 saturated heterocycles. The van der Waals surface area contributed by atoms with E-state index in [0.717, 1.165) is 12.1 Å². The van der Waals surface area contributed by atoms with E-state index in [-0.39, 0.29) is 15.9 Å². The lowest BCUT2D eigenvalue weighted by Gasteiger charge is -2.06. The molecule has 1 aromatic heterocycles. The van der Waals surface area contributed by atoms with Gasteiger partial charge in [-0.25, -0.2) is 8.78 Å². The molecule has 0 spiro atoms. The first-order valence-electron chi connectivity index (χ1n) is 4.11. The molecule has 2 rings (SSSR count). The van der Waals surface area contributed by atoms with Gasteiger partial charge in [0.25, 0.3) is 0 Å². The standard InChI is InChI=1S/C10H5BrClF2N/c1-4-9(11)10(12)8-6(14)2-5(13)3-7(8)15-4/h2-3H,1H3. The molecule has 78 valence electrons. The maximum atomic E-state index is 13.4. The second-order valence-electron chi connectivity index (χ2n) is 3.11. The highest BCUT2D eigenvalue weighted by atomic mass is 79.9. The van der Waals surface area contributed by atoms with Gasteiger partial charge in [0.05, 0.1) is 26.1 Å². The summed E-state index contributed by atoms with van der Waals surface area (Å²) in [6, 6.07) is 1.95. The summed E-state index contributed by atoms with van der Waals surface area (Å²) in [6.07, 6.45) is 0. The SMILES string of the molecule is Cc1nc2cc(F)cc(F)c2c(Cl)c1Br. The highest BCUT2D eigenvalue weighted by Crippen LogP contribution is 2.33. The highest BCUT2D eigenvalue weighted by molar-refractivity contribution is 9.10. The number of benzene rings is 1. The summed E-state index contributed by atoms with van der Waals surface area (Å²) in [4.78, 5) is 4.05. The van der Waals surface area contributed by atoms with Gasteiger partial charge in [0.2, 0.25) is 0 Å². The molecule has 0 bridgehead atoms. The van der Waals surface area contributed by atoms with Gasteiger partial charge in [-0.15, -0.1) is 0 Å². The molecule has 0 saturated carbocycles. The Morgan fingerprint density at radius 1 is 1.33 bits per heavy atom. The molecular weight excluding hydrogens is 287 g/mol. The first-order chi connectivity index (χ1) is 7.00. The zero-order valence-electron chi connectivity index (χ0n) is 7.61. The molecule has 0 aliphatic rings. The second kappa shape index (κ2) is 3.68. The average Bonchev–Trinajstić information content (AvgIpc) is 2.13. The summed E-state index contributed by atoms with van der Waals surface area (Å²) in [5.74, 6) is -1.37.